The molecule has 1 rings (SSSR count). The van der Waals surface area contributed by atoms with Gasteiger partial charge in [0.1, 0.15) is 0 Å². The summed E-state index contributed by atoms with van der Waals surface area (Å²) in [6.45, 7) is 0.977. The quantitative estimate of drug-likeness (QED) is 0.515. The Bertz CT molecular complexity index is 265. The van der Waals surface area contributed by atoms with Crippen molar-refractivity contribution in [3.05, 3.63) is 0 Å². The Labute approximate surface area is 78.2 Å². The molecule has 0 N–H and O–H groups in total. The summed E-state index contributed by atoms with van der Waals surface area (Å²) in [7, 11) is 0. The van der Waals surface area contributed by atoms with Crippen LogP contribution in [0.25, 0.3) is 0 Å². The highest BCUT2D eigenvalue weighted by molar-refractivity contribution is 5.84. The van der Waals surface area contributed by atoms with Crippen LogP contribution < -0.4 is 0 Å². The second kappa shape index (κ2) is 3.25. The smallest absolute Gasteiger partial charge is 0.393 e. The lowest BCUT2D eigenvalue weighted by atomic mass is 10.0. The number of hydrogen-bond acceptors (Lipinski definition) is 3. The van der Waals surface area contributed by atoms with Crippen LogP contribution >= 0.6 is 0 Å². The van der Waals surface area contributed by atoms with Crippen molar-refractivity contribution in [3.63, 3.8) is 0 Å². The van der Waals surface area contributed by atoms with E-state index in [0.717, 1.165) is 6.92 Å². The van der Waals surface area contributed by atoms with Crippen molar-refractivity contribution >= 4 is 11.9 Å². The molecule has 0 aliphatic heterocycles. The zero-order chi connectivity index (χ0) is 11.0. The number of ether oxygens (including phenoxy) is 1. The van der Waals surface area contributed by atoms with E-state index in [9.17, 15) is 22.8 Å². The third kappa shape index (κ3) is 2.24. The average molecular weight is 210 g/mol. The Hall–Kier alpha value is -1.07. The SMILES string of the molecule is CC(=O)OC(=O)CC1(C(F)(F)F)CC1. The molecule has 0 bridgehead atoms. The number of rotatable bonds is 2. The molecule has 3 nitrogen and oxygen atoms in total. The van der Waals surface area contributed by atoms with Gasteiger partial charge in [-0.3, -0.25) is 9.59 Å². The van der Waals surface area contributed by atoms with E-state index in [1.54, 1.807) is 0 Å². The third-order valence-corrected chi connectivity index (χ3v) is 2.20. The minimum atomic E-state index is -4.39. The average Bonchev–Trinajstić information content (AvgIpc) is 2.64. The third-order valence-electron chi connectivity index (χ3n) is 2.20. The van der Waals surface area contributed by atoms with E-state index in [-0.39, 0.29) is 12.8 Å². The number of alkyl halides is 3. The Morgan fingerprint density at radius 1 is 1.36 bits per heavy atom. The maximum Gasteiger partial charge on any atom is 0.395 e. The van der Waals surface area contributed by atoms with Crippen LogP contribution in [0.15, 0.2) is 0 Å². The molecule has 0 saturated heterocycles. The first kappa shape index (κ1) is 11.0. The molecule has 1 aliphatic rings. The van der Waals surface area contributed by atoms with Gasteiger partial charge in [0.05, 0.1) is 11.8 Å². The van der Waals surface area contributed by atoms with Crippen LogP contribution in [-0.2, 0) is 14.3 Å². The van der Waals surface area contributed by atoms with E-state index in [4.69, 9.17) is 0 Å². The topological polar surface area (TPSA) is 43.4 Å². The molecule has 1 saturated carbocycles. The second-order valence-corrected chi connectivity index (χ2v) is 3.42. The van der Waals surface area contributed by atoms with Crippen LogP contribution in [-0.4, -0.2) is 18.1 Å². The summed E-state index contributed by atoms with van der Waals surface area (Å²) in [5.74, 6) is -1.99. The van der Waals surface area contributed by atoms with Crippen LogP contribution in [0.4, 0.5) is 13.2 Å². The van der Waals surface area contributed by atoms with E-state index in [0.29, 0.717) is 0 Å². The molecule has 0 aromatic carbocycles. The normalized spacial score (nSPS) is 18.9. The Kier molecular flexibility index (Phi) is 2.56. The number of carbonyl (C=O) groups is 2. The largest absolute Gasteiger partial charge is 0.395 e. The van der Waals surface area contributed by atoms with E-state index < -0.39 is 30.0 Å². The molecule has 0 atom stereocenters. The summed E-state index contributed by atoms with van der Waals surface area (Å²) in [5.41, 5.74) is -1.93. The standard InChI is InChI=1S/C8H9F3O3/c1-5(12)14-6(13)4-7(2-3-7)8(9,10)11/h2-4H2,1H3. The second-order valence-electron chi connectivity index (χ2n) is 3.42. The van der Waals surface area contributed by atoms with Crippen molar-refractivity contribution in [2.75, 3.05) is 0 Å². The summed E-state index contributed by atoms with van der Waals surface area (Å²) in [6, 6.07) is 0. The Morgan fingerprint density at radius 2 is 1.86 bits per heavy atom. The number of carbonyl (C=O) groups excluding carboxylic acids is 2. The Balaban J connectivity index is 2.53. The first-order valence-corrected chi connectivity index (χ1v) is 4.05. The van der Waals surface area contributed by atoms with Crippen molar-refractivity contribution in [3.8, 4) is 0 Å². The molecule has 6 heteroatoms. The van der Waals surface area contributed by atoms with Crippen LogP contribution in [0.5, 0.6) is 0 Å². The van der Waals surface area contributed by atoms with E-state index in [1.807, 2.05) is 0 Å². The summed E-state index contributed by atoms with van der Waals surface area (Å²) in [6.07, 6.45) is -5.27. The summed E-state index contributed by atoms with van der Waals surface area (Å²) >= 11 is 0. The number of halogens is 3. The van der Waals surface area contributed by atoms with Crippen LogP contribution in [0.2, 0.25) is 0 Å². The molecule has 80 valence electrons. The summed E-state index contributed by atoms with van der Waals surface area (Å²) in [5, 5.41) is 0. The van der Waals surface area contributed by atoms with Crippen molar-refractivity contribution in [2.24, 2.45) is 5.41 Å². The van der Waals surface area contributed by atoms with Crippen molar-refractivity contribution in [1.82, 2.24) is 0 Å². The lowest BCUT2D eigenvalue weighted by Crippen LogP contribution is -2.28. The molecule has 0 aromatic heterocycles. The Morgan fingerprint density at radius 3 is 2.14 bits per heavy atom. The fraction of sp³-hybridized carbons (Fsp3) is 0.750. The molecule has 0 spiro atoms. The molecule has 0 aromatic rings. The highest BCUT2D eigenvalue weighted by Gasteiger charge is 2.64. The molecule has 0 radical (unpaired) electrons. The van der Waals surface area contributed by atoms with Gasteiger partial charge in [-0.1, -0.05) is 0 Å². The minimum absolute atomic E-state index is 0.0660. The first-order valence-electron chi connectivity index (χ1n) is 4.05. The number of esters is 2. The van der Waals surface area contributed by atoms with Crippen molar-refractivity contribution < 1.29 is 27.5 Å². The van der Waals surface area contributed by atoms with Crippen LogP contribution in [0.1, 0.15) is 26.2 Å². The number of hydrogen-bond donors (Lipinski definition) is 0. The van der Waals surface area contributed by atoms with Gasteiger partial charge >= 0.3 is 18.1 Å². The monoisotopic (exact) mass is 210 g/mol. The molecule has 1 aliphatic carbocycles. The maximum absolute atomic E-state index is 12.3. The fourth-order valence-electron chi connectivity index (χ4n) is 1.18. The summed E-state index contributed by atoms with van der Waals surface area (Å²) in [4.78, 5) is 21.1. The molecule has 0 unspecified atom stereocenters. The van der Waals surface area contributed by atoms with Gasteiger partial charge in [0.15, 0.2) is 0 Å². The summed E-state index contributed by atoms with van der Waals surface area (Å²) < 4.78 is 40.9. The van der Waals surface area contributed by atoms with Gasteiger partial charge in [-0.05, 0) is 12.8 Å². The zero-order valence-electron chi connectivity index (χ0n) is 7.48. The molecule has 14 heavy (non-hydrogen) atoms. The molecular formula is C8H9F3O3. The van der Waals surface area contributed by atoms with E-state index >= 15 is 0 Å². The minimum Gasteiger partial charge on any atom is -0.393 e. The van der Waals surface area contributed by atoms with Gasteiger partial charge in [-0.25, -0.2) is 0 Å². The van der Waals surface area contributed by atoms with Gasteiger partial charge in [0.25, 0.3) is 0 Å². The van der Waals surface area contributed by atoms with Crippen molar-refractivity contribution in [2.45, 2.75) is 32.4 Å². The molecule has 1 fully saturated rings. The van der Waals surface area contributed by atoms with Crippen molar-refractivity contribution in [1.29, 1.82) is 0 Å². The fourth-order valence-corrected chi connectivity index (χ4v) is 1.18. The van der Waals surface area contributed by atoms with Gasteiger partial charge in [0.2, 0.25) is 0 Å². The first-order chi connectivity index (χ1) is 6.27. The lowest BCUT2D eigenvalue weighted by Gasteiger charge is -2.17. The van der Waals surface area contributed by atoms with Gasteiger partial charge in [0, 0.05) is 6.92 Å². The van der Waals surface area contributed by atoms with E-state index in [2.05, 4.69) is 4.74 Å². The van der Waals surface area contributed by atoms with Crippen LogP contribution in [0, 0.1) is 5.41 Å². The lowest BCUT2D eigenvalue weighted by molar-refractivity contribution is -0.196. The van der Waals surface area contributed by atoms with E-state index in [1.165, 1.54) is 0 Å². The van der Waals surface area contributed by atoms with Crippen LogP contribution in [0.3, 0.4) is 0 Å². The molecular weight excluding hydrogens is 201 g/mol. The predicted molar refractivity (Wildman–Crippen MR) is 39.1 cm³/mol. The van der Waals surface area contributed by atoms with Gasteiger partial charge < -0.3 is 4.74 Å². The molecule has 0 heterocycles. The highest BCUT2D eigenvalue weighted by Crippen LogP contribution is 2.60. The van der Waals surface area contributed by atoms with Gasteiger partial charge in [-0.15, -0.1) is 0 Å². The predicted octanol–water partition coefficient (Wildman–Crippen LogP) is 1.81. The highest BCUT2D eigenvalue weighted by atomic mass is 19.4. The van der Waals surface area contributed by atoms with Gasteiger partial charge in [-0.2, -0.15) is 13.2 Å². The molecule has 0 amide bonds. The zero-order valence-corrected chi connectivity index (χ0v) is 7.48. The maximum atomic E-state index is 12.3.